The minimum atomic E-state index is -0.720. The maximum Gasteiger partial charge on any atom is 0.191 e. The Morgan fingerprint density at radius 3 is 2.57 bits per heavy atom. The highest BCUT2D eigenvalue weighted by Gasteiger charge is 2.15. The second-order valence-electron chi connectivity index (χ2n) is 6.97. The van der Waals surface area contributed by atoms with Crippen LogP contribution < -0.4 is 24.8 Å². The van der Waals surface area contributed by atoms with E-state index >= 15 is 0 Å². The molecule has 0 saturated carbocycles. The van der Waals surface area contributed by atoms with E-state index in [0.29, 0.717) is 12.5 Å². The zero-order valence-corrected chi connectivity index (χ0v) is 18.4. The van der Waals surface area contributed by atoms with Gasteiger partial charge in [-0.2, -0.15) is 0 Å². The molecule has 0 heterocycles. The fourth-order valence-electron chi connectivity index (χ4n) is 2.93. The first kappa shape index (κ1) is 23.3. The third-order valence-corrected chi connectivity index (χ3v) is 4.49. The fraction of sp³-hybridized carbons (Fsp3) is 0.435. The Morgan fingerprint density at radius 2 is 1.90 bits per heavy atom. The molecule has 7 heteroatoms. The maximum atomic E-state index is 10.3. The van der Waals surface area contributed by atoms with Gasteiger partial charge in [0.1, 0.15) is 30.0 Å². The third-order valence-electron chi connectivity index (χ3n) is 4.49. The molecule has 164 valence electrons. The van der Waals surface area contributed by atoms with E-state index in [2.05, 4.69) is 15.6 Å². The number of methoxy groups -OCH3 is 2. The molecule has 0 fully saturated rings. The maximum absolute atomic E-state index is 10.3. The fourth-order valence-corrected chi connectivity index (χ4v) is 2.93. The highest BCUT2D eigenvalue weighted by atomic mass is 16.5. The molecule has 30 heavy (non-hydrogen) atoms. The molecule has 2 rings (SSSR count). The number of aliphatic hydroxyl groups is 1. The van der Waals surface area contributed by atoms with Crippen molar-refractivity contribution in [2.24, 2.45) is 4.99 Å². The molecular weight excluding hydrogens is 382 g/mol. The molecule has 0 bridgehead atoms. The summed E-state index contributed by atoms with van der Waals surface area (Å²) in [5, 5.41) is 16.8. The minimum absolute atomic E-state index is 0.0893. The van der Waals surface area contributed by atoms with Crippen molar-refractivity contribution in [2.45, 2.75) is 32.9 Å². The van der Waals surface area contributed by atoms with E-state index in [-0.39, 0.29) is 19.2 Å². The molecule has 0 aromatic heterocycles. The van der Waals surface area contributed by atoms with Crippen molar-refractivity contribution in [3.8, 4) is 17.2 Å². The van der Waals surface area contributed by atoms with Crippen molar-refractivity contribution < 1.29 is 19.3 Å². The van der Waals surface area contributed by atoms with E-state index in [1.807, 2.05) is 63.2 Å². The second-order valence-corrected chi connectivity index (χ2v) is 6.97. The molecule has 0 aliphatic heterocycles. The number of nitrogens with one attached hydrogen (secondary N) is 2. The molecule has 0 amide bonds. The average molecular weight is 416 g/mol. The molecular formula is C23H33N3O4. The van der Waals surface area contributed by atoms with Gasteiger partial charge in [0.15, 0.2) is 5.96 Å². The van der Waals surface area contributed by atoms with E-state index in [1.165, 1.54) is 0 Å². The number of guanidine groups is 1. The number of aliphatic hydroxyl groups excluding tert-OH is 1. The summed E-state index contributed by atoms with van der Waals surface area (Å²) < 4.78 is 16.5. The van der Waals surface area contributed by atoms with Crippen LogP contribution in [0.3, 0.4) is 0 Å². The Hall–Kier alpha value is -2.93. The zero-order valence-electron chi connectivity index (χ0n) is 18.4. The van der Waals surface area contributed by atoms with Crippen molar-refractivity contribution in [1.82, 2.24) is 10.6 Å². The number of aliphatic imine (C=N–C) groups is 1. The number of hydrogen-bond donors (Lipinski definition) is 3. The Labute approximate surface area is 179 Å². The first-order valence-electron chi connectivity index (χ1n) is 10.1. The average Bonchev–Trinajstić information content (AvgIpc) is 2.75. The topological polar surface area (TPSA) is 84.3 Å². The molecule has 0 saturated heterocycles. The molecule has 0 aliphatic rings. The molecule has 2 aromatic carbocycles. The predicted octanol–water partition coefficient (Wildman–Crippen LogP) is 3.07. The first-order chi connectivity index (χ1) is 14.5. The SMILES string of the molecule is CCNC(=NCC(O)COc1cccc(C)c1)NC(C)c1cc(OC)ccc1OC. The van der Waals surface area contributed by atoms with Crippen molar-refractivity contribution in [1.29, 1.82) is 0 Å². The van der Waals surface area contributed by atoms with Crippen LogP contribution in [0, 0.1) is 6.92 Å². The van der Waals surface area contributed by atoms with Crippen molar-refractivity contribution in [2.75, 3.05) is 33.9 Å². The Bertz CT molecular complexity index is 826. The third kappa shape index (κ3) is 7.15. The zero-order chi connectivity index (χ0) is 21.9. The van der Waals surface area contributed by atoms with Gasteiger partial charge in [0.25, 0.3) is 0 Å². The number of rotatable bonds is 10. The summed E-state index contributed by atoms with van der Waals surface area (Å²) in [4.78, 5) is 4.50. The molecule has 3 N–H and O–H groups in total. The Balaban J connectivity index is 1.99. The van der Waals surface area contributed by atoms with Crippen molar-refractivity contribution in [3.05, 3.63) is 53.6 Å². The van der Waals surface area contributed by atoms with Crippen LogP contribution >= 0.6 is 0 Å². The van der Waals surface area contributed by atoms with E-state index in [1.54, 1.807) is 14.2 Å². The minimum Gasteiger partial charge on any atom is -0.497 e. The predicted molar refractivity (Wildman–Crippen MR) is 120 cm³/mol. The van der Waals surface area contributed by atoms with Crippen molar-refractivity contribution >= 4 is 5.96 Å². The van der Waals surface area contributed by atoms with Gasteiger partial charge in [-0.15, -0.1) is 0 Å². The number of aryl methyl sites for hydroxylation is 1. The number of hydrogen-bond acceptors (Lipinski definition) is 5. The van der Waals surface area contributed by atoms with Crippen LogP contribution in [0.2, 0.25) is 0 Å². The lowest BCUT2D eigenvalue weighted by Crippen LogP contribution is -2.39. The standard InChI is InChI=1S/C23H33N3O4/c1-6-24-23(25-14-18(27)15-30-20-9-7-8-16(2)12-20)26-17(3)21-13-19(28-4)10-11-22(21)29-5/h7-13,17-18,27H,6,14-15H2,1-5H3,(H2,24,25,26). The Kier molecular flexibility index (Phi) is 9.28. The Morgan fingerprint density at radius 1 is 1.10 bits per heavy atom. The van der Waals surface area contributed by atoms with Crippen LogP contribution in [-0.4, -0.2) is 51.1 Å². The van der Waals surface area contributed by atoms with Crippen LogP contribution in [0.1, 0.15) is 31.0 Å². The van der Waals surface area contributed by atoms with Gasteiger partial charge in [-0.25, -0.2) is 0 Å². The van der Waals surface area contributed by atoms with Crippen LogP contribution in [0.25, 0.3) is 0 Å². The van der Waals surface area contributed by atoms with E-state index in [0.717, 1.165) is 28.4 Å². The van der Waals surface area contributed by atoms with Gasteiger partial charge < -0.3 is 30.0 Å². The van der Waals surface area contributed by atoms with Crippen LogP contribution in [0.15, 0.2) is 47.5 Å². The quantitative estimate of drug-likeness (QED) is 0.409. The number of ether oxygens (including phenoxy) is 3. The molecule has 0 radical (unpaired) electrons. The van der Waals surface area contributed by atoms with Crippen LogP contribution in [0.4, 0.5) is 0 Å². The van der Waals surface area contributed by atoms with Gasteiger partial charge in [0.05, 0.1) is 26.8 Å². The lowest BCUT2D eigenvalue weighted by atomic mass is 10.1. The summed E-state index contributed by atoms with van der Waals surface area (Å²) in [5.41, 5.74) is 2.06. The molecule has 2 aromatic rings. The van der Waals surface area contributed by atoms with Crippen LogP contribution in [-0.2, 0) is 0 Å². The van der Waals surface area contributed by atoms with Gasteiger partial charge in [-0.3, -0.25) is 4.99 Å². The molecule has 7 nitrogen and oxygen atoms in total. The molecule has 2 atom stereocenters. The number of benzene rings is 2. The summed E-state index contributed by atoms with van der Waals surface area (Å²) in [6.45, 7) is 7.09. The molecule has 0 spiro atoms. The summed E-state index contributed by atoms with van der Waals surface area (Å²) in [6.07, 6.45) is -0.720. The monoisotopic (exact) mass is 415 g/mol. The summed E-state index contributed by atoms with van der Waals surface area (Å²) in [6, 6.07) is 13.3. The van der Waals surface area contributed by atoms with Gasteiger partial charge in [-0.05, 0) is 56.7 Å². The molecule has 0 aliphatic carbocycles. The largest absolute Gasteiger partial charge is 0.497 e. The lowest BCUT2D eigenvalue weighted by Gasteiger charge is -2.21. The van der Waals surface area contributed by atoms with Gasteiger partial charge >= 0.3 is 0 Å². The highest BCUT2D eigenvalue weighted by Crippen LogP contribution is 2.29. The summed E-state index contributed by atoms with van der Waals surface area (Å²) in [5.74, 6) is 2.86. The first-order valence-corrected chi connectivity index (χ1v) is 10.1. The van der Waals surface area contributed by atoms with Crippen LogP contribution in [0.5, 0.6) is 17.2 Å². The van der Waals surface area contributed by atoms with Gasteiger partial charge in [0.2, 0.25) is 0 Å². The smallest absolute Gasteiger partial charge is 0.191 e. The summed E-state index contributed by atoms with van der Waals surface area (Å²) >= 11 is 0. The van der Waals surface area contributed by atoms with E-state index in [9.17, 15) is 5.11 Å². The summed E-state index contributed by atoms with van der Waals surface area (Å²) in [7, 11) is 3.28. The van der Waals surface area contributed by atoms with E-state index in [4.69, 9.17) is 14.2 Å². The molecule has 2 unspecified atom stereocenters. The second kappa shape index (κ2) is 11.9. The van der Waals surface area contributed by atoms with Crippen molar-refractivity contribution in [3.63, 3.8) is 0 Å². The lowest BCUT2D eigenvalue weighted by molar-refractivity contribution is 0.114. The van der Waals surface area contributed by atoms with Gasteiger partial charge in [0, 0.05) is 12.1 Å². The van der Waals surface area contributed by atoms with E-state index < -0.39 is 6.10 Å². The highest BCUT2D eigenvalue weighted by molar-refractivity contribution is 5.80. The van der Waals surface area contributed by atoms with Gasteiger partial charge in [-0.1, -0.05) is 12.1 Å². The normalized spacial score (nSPS) is 13.3. The number of nitrogens with zero attached hydrogens (tertiary/aromatic N) is 1.